The molecule has 1 saturated carbocycles. The maximum Gasteiger partial charge on any atom is 0.323 e. The highest BCUT2D eigenvalue weighted by molar-refractivity contribution is 5.82. The van der Waals surface area contributed by atoms with Gasteiger partial charge in [-0.2, -0.15) is 0 Å². The Hall–Kier alpha value is -1.54. The molecule has 0 heterocycles. The van der Waals surface area contributed by atoms with E-state index in [4.69, 9.17) is 17.3 Å². The number of amides is 1. The van der Waals surface area contributed by atoms with Gasteiger partial charge in [0, 0.05) is 12.0 Å². The van der Waals surface area contributed by atoms with Crippen LogP contribution in [0.5, 0.6) is 0 Å². The molecular weight excluding hydrogens is 220 g/mol. The van der Waals surface area contributed by atoms with Crippen LogP contribution in [0.15, 0.2) is 0 Å². The van der Waals surface area contributed by atoms with Gasteiger partial charge < -0.3 is 15.7 Å². The van der Waals surface area contributed by atoms with Gasteiger partial charge in [-0.3, -0.25) is 9.59 Å². The molecule has 3 N–H and O–H groups in total. The fourth-order valence-electron chi connectivity index (χ4n) is 2.17. The summed E-state index contributed by atoms with van der Waals surface area (Å²) in [5, 5.41) is 8.69. The predicted molar refractivity (Wildman–Crippen MR) is 63.1 cm³/mol. The van der Waals surface area contributed by atoms with Crippen LogP contribution in [0, 0.1) is 12.3 Å². The van der Waals surface area contributed by atoms with Crippen molar-refractivity contribution in [1.29, 1.82) is 0 Å². The minimum Gasteiger partial charge on any atom is -0.480 e. The van der Waals surface area contributed by atoms with Crippen LogP contribution in [0.3, 0.4) is 0 Å². The SMILES string of the molecule is C#CCN(CC(=O)O)C(=O)CC1(N)CCCC1. The van der Waals surface area contributed by atoms with Gasteiger partial charge in [0.25, 0.3) is 0 Å². The van der Waals surface area contributed by atoms with Crippen molar-refractivity contribution >= 4 is 11.9 Å². The standard InChI is InChI=1S/C12H18N2O3/c1-2-7-14(9-11(16)17)10(15)8-12(13)5-3-4-6-12/h1H,3-9,13H2,(H,16,17). The van der Waals surface area contributed by atoms with Crippen LogP contribution in [-0.4, -0.2) is 40.5 Å². The first kappa shape index (κ1) is 13.5. The van der Waals surface area contributed by atoms with Crippen molar-refractivity contribution in [3.8, 4) is 12.3 Å². The second-order valence-electron chi connectivity index (χ2n) is 4.59. The summed E-state index contributed by atoms with van der Waals surface area (Å²) in [7, 11) is 0. The van der Waals surface area contributed by atoms with Gasteiger partial charge in [-0.05, 0) is 12.8 Å². The van der Waals surface area contributed by atoms with Crippen molar-refractivity contribution < 1.29 is 14.7 Å². The van der Waals surface area contributed by atoms with Crippen molar-refractivity contribution in [2.45, 2.75) is 37.6 Å². The molecule has 5 nitrogen and oxygen atoms in total. The lowest BCUT2D eigenvalue weighted by atomic mass is 9.94. The van der Waals surface area contributed by atoms with E-state index in [1.165, 1.54) is 0 Å². The Morgan fingerprint density at radius 2 is 2.00 bits per heavy atom. The van der Waals surface area contributed by atoms with Crippen LogP contribution < -0.4 is 5.73 Å². The average molecular weight is 238 g/mol. The molecule has 0 saturated heterocycles. The maximum absolute atomic E-state index is 11.9. The second-order valence-corrected chi connectivity index (χ2v) is 4.59. The van der Waals surface area contributed by atoms with E-state index >= 15 is 0 Å². The number of hydrogen-bond donors (Lipinski definition) is 2. The van der Waals surface area contributed by atoms with Gasteiger partial charge in [0.05, 0.1) is 6.54 Å². The summed E-state index contributed by atoms with van der Waals surface area (Å²) in [6.07, 6.45) is 8.98. The number of hydrogen-bond acceptors (Lipinski definition) is 3. The monoisotopic (exact) mass is 238 g/mol. The van der Waals surface area contributed by atoms with Crippen molar-refractivity contribution in [3.63, 3.8) is 0 Å². The third kappa shape index (κ3) is 4.08. The number of nitrogens with two attached hydrogens (primary N) is 1. The van der Waals surface area contributed by atoms with E-state index in [0.717, 1.165) is 30.6 Å². The van der Waals surface area contributed by atoms with Crippen LogP contribution in [0.4, 0.5) is 0 Å². The van der Waals surface area contributed by atoms with E-state index < -0.39 is 11.5 Å². The van der Waals surface area contributed by atoms with Crippen molar-refractivity contribution in [2.24, 2.45) is 5.73 Å². The lowest BCUT2D eigenvalue weighted by Gasteiger charge is -2.26. The lowest BCUT2D eigenvalue weighted by Crippen LogP contribution is -2.45. The average Bonchev–Trinajstić information content (AvgIpc) is 2.63. The Morgan fingerprint density at radius 1 is 1.41 bits per heavy atom. The van der Waals surface area contributed by atoms with E-state index in [-0.39, 0.29) is 25.4 Å². The largest absolute Gasteiger partial charge is 0.480 e. The Labute approximate surface area is 101 Å². The Bertz CT molecular complexity index is 340. The van der Waals surface area contributed by atoms with Gasteiger partial charge in [-0.1, -0.05) is 18.8 Å². The summed E-state index contributed by atoms with van der Waals surface area (Å²) in [4.78, 5) is 23.7. The highest BCUT2D eigenvalue weighted by Crippen LogP contribution is 2.30. The van der Waals surface area contributed by atoms with E-state index in [0.29, 0.717) is 0 Å². The molecule has 0 aliphatic heterocycles. The first-order valence-corrected chi connectivity index (χ1v) is 5.69. The molecule has 1 aliphatic rings. The summed E-state index contributed by atoms with van der Waals surface area (Å²) >= 11 is 0. The van der Waals surface area contributed by atoms with E-state index in [2.05, 4.69) is 5.92 Å². The number of aliphatic carboxylic acids is 1. The Morgan fingerprint density at radius 3 is 2.47 bits per heavy atom. The number of rotatable bonds is 5. The van der Waals surface area contributed by atoms with Crippen molar-refractivity contribution in [1.82, 2.24) is 4.90 Å². The van der Waals surface area contributed by atoms with Gasteiger partial charge in [0.2, 0.25) is 5.91 Å². The normalized spacial score (nSPS) is 17.4. The molecule has 0 aromatic rings. The van der Waals surface area contributed by atoms with Gasteiger partial charge in [-0.25, -0.2) is 0 Å². The topological polar surface area (TPSA) is 83.6 Å². The van der Waals surface area contributed by atoms with Crippen LogP contribution in [-0.2, 0) is 9.59 Å². The van der Waals surface area contributed by atoms with Crippen LogP contribution in [0.2, 0.25) is 0 Å². The van der Waals surface area contributed by atoms with E-state index in [1.807, 2.05) is 0 Å². The molecule has 0 radical (unpaired) electrons. The smallest absolute Gasteiger partial charge is 0.323 e. The molecule has 0 aromatic carbocycles. The third-order valence-corrected chi connectivity index (χ3v) is 3.06. The molecule has 1 fully saturated rings. The zero-order chi connectivity index (χ0) is 12.9. The summed E-state index contributed by atoms with van der Waals surface area (Å²) < 4.78 is 0. The van der Waals surface area contributed by atoms with Crippen LogP contribution >= 0.6 is 0 Å². The summed E-state index contributed by atoms with van der Waals surface area (Å²) in [6, 6.07) is 0. The fraction of sp³-hybridized carbons (Fsp3) is 0.667. The molecule has 0 atom stereocenters. The minimum atomic E-state index is -1.06. The second kappa shape index (κ2) is 5.69. The summed E-state index contributed by atoms with van der Waals surface area (Å²) in [6.45, 7) is -0.347. The molecule has 5 heteroatoms. The Kier molecular flexibility index (Phi) is 4.53. The maximum atomic E-state index is 11.9. The molecule has 1 rings (SSSR count). The number of carbonyl (C=O) groups excluding carboxylic acids is 1. The number of carboxylic acid groups (broad SMARTS) is 1. The molecule has 0 unspecified atom stereocenters. The van der Waals surface area contributed by atoms with Gasteiger partial charge in [-0.15, -0.1) is 6.42 Å². The third-order valence-electron chi connectivity index (χ3n) is 3.06. The van der Waals surface area contributed by atoms with Crippen LogP contribution in [0.1, 0.15) is 32.1 Å². The molecule has 1 amide bonds. The van der Waals surface area contributed by atoms with Crippen molar-refractivity contribution in [2.75, 3.05) is 13.1 Å². The molecule has 17 heavy (non-hydrogen) atoms. The Balaban J connectivity index is 2.58. The highest BCUT2D eigenvalue weighted by Gasteiger charge is 2.33. The zero-order valence-electron chi connectivity index (χ0n) is 9.82. The van der Waals surface area contributed by atoms with Crippen LogP contribution in [0.25, 0.3) is 0 Å². The zero-order valence-corrected chi connectivity index (χ0v) is 9.82. The molecule has 0 aromatic heterocycles. The number of terminal acetylenes is 1. The fourth-order valence-corrected chi connectivity index (χ4v) is 2.17. The minimum absolute atomic E-state index is 0.0151. The number of carbonyl (C=O) groups is 2. The van der Waals surface area contributed by atoms with Crippen molar-refractivity contribution in [3.05, 3.63) is 0 Å². The lowest BCUT2D eigenvalue weighted by molar-refractivity contribution is -0.144. The first-order valence-electron chi connectivity index (χ1n) is 5.69. The summed E-state index contributed by atoms with van der Waals surface area (Å²) in [5.74, 6) is 0.960. The molecule has 0 bridgehead atoms. The van der Waals surface area contributed by atoms with Gasteiger partial charge in [0.1, 0.15) is 6.54 Å². The number of nitrogens with zero attached hydrogens (tertiary/aromatic N) is 1. The first-order chi connectivity index (χ1) is 7.97. The molecule has 94 valence electrons. The molecule has 1 aliphatic carbocycles. The summed E-state index contributed by atoms with van der Waals surface area (Å²) in [5.41, 5.74) is 5.61. The molecule has 0 spiro atoms. The quantitative estimate of drug-likeness (QED) is 0.670. The van der Waals surface area contributed by atoms with E-state index in [1.54, 1.807) is 0 Å². The predicted octanol–water partition coefficient (Wildman–Crippen LogP) is 0.194. The molecular formula is C12H18N2O3. The number of carboxylic acids is 1. The van der Waals surface area contributed by atoms with Gasteiger partial charge >= 0.3 is 5.97 Å². The highest BCUT2D eigenvalue weighted by atomic mass is 16.4. The van der Waals surface area contributed by atoms with Gasteiger partial charge in [0.15, 0.2) is 0 Å². The van der Waals surface area contributed by atoms with E-state index in [9.17, 15) is 9.59 Å².